The first-order valence-electron chi connectivity index (χ1n) is 9.54. The molecule has 0 aliphatic heterocycles. The zero-order valence-corrected chi connectivity index (χ0v) is 16.8. The number of nitrogens with one attached hydrogen (secondary N) is 2. The van der Waals surface area contributed by atoms with Crippen molar-refractivity contribution in [1.82, 2.24) is 19.9 Å². The number of carbonyl (C=O) groups is 1. The maximum absolute atomic E-state index is 14.0. The molecule has 0 saturated heterocycles. The lowest BCUT2D eigenvalue weighted by atomic mass is 10.0. The van der Waals surface area contributed by atoms with Gasteiger partial charge >= 0.3 is 5.69 Å². The quantitative estimate of drug-likeness (QED) is 0.646. The number of para-hydroxylation sites is 1. The summed E-state index contributed by atoms with van der Waals surface area (Å²) < 4.78 is 28.0. The molecule has 1 amide bonds. The van der Waals surface area contributed by atoms with Crippen LogP contribution in [0, 0.1) is 17.6 Å². The van der Waals surface area contributed by atoms with Gasteiger partial charge in [-0.15, -0.1) is 0 Å². The van der Waals surface area contributed by atoms with Gasteiger partial charge in [0.2, 0.25) is 5.91 Å². The molecule has 3 aromatic rings. The van der Waals surface area contributed by atoms with Gasteiger partial charge in [0.15, 0.2) is 0 Å². The van der Waals surface area contributed by atoms with E-state index in [1.165, 1.54) is 6.92 Å². The number of H-pyrrole nitrogens is 1. The van der Waals surface area contributed by atoms with Gasteiger partial charge in [0.25, 0.3) is 5.56 Å². The van der Waals surface area contributed by atoms with Gasteiger partial charge in [0.1, 0.15) is 17.7 Å². The van der Waals surface area contributed by atoms with Crippen LogP contribution in [-0.2, 0) is 4.79 Å². The number of aromatic nitrogens is 3. The summed E-state index contributed by atoms with van der Waals surface area (Å²) in [4.78, 5) is 45.0. The average molecular weight is 416 g/mol. The van der Waals surface area contributed by atoms with Crippen LogP contribution in [-0.4, -0.2) is 20.4 Å². The van der Waals surface area contributed by atoms with Gasteiger partial charge in [-0.3, -0.25) is 14.6 Å². The van der Waals surface area contributed by atoms with Crippen LogP contribution in [0.25, 0.3) is 10.9 Å². The van der Waals surface area contributed by atoms with Crippen molar-refractivity contribution < 1.29 is 13.6 Å². The monoisotopic (exact) mass is 416 g/mol. The molecule has 0 aliphatic rings. The largest absolute Gasteiger partial charge is 0.346 e. The van der Waals surface area contributed by atoms with Crippen LogP contribution < -0.4 is 16.6 Å². The third-order valence-corrected chi connectivity index (χ3v) is 4.75. The highest BCUT2D eigenvalue weighted by Crippen LogP contribution is 2.20. The third kappa shape index (κ3) is 4.29. The number of carbonyl (C=O) groups excluding carboxylic acids is 1. The zero-order valence-electron chi connectivity index (χ0n) is 16.8. The lowest BCUT2D eigenvalue weighted by Gasteiger charge is -2.23. The van der Waals surface area contributed by atoms with Crippen molar-refractivity contribution in [2.24, 2.45) is 5.92 Å². The molecule has 0 fully saturated rings. The molecule has 0 spiro atoms. The molecule has 158 valence electrons. The summed E-state index contributed by atoms with van der Waals surface area (Å²) in [7, 11) is 0. The van der Waals surface area contributed by atoms with Gasteiger partial charge in [-0.25, -0.2) is 18.1 Å². The zero-order chi connectivity index (χ0) is 22.0. The molecule has 9 heteroatoms. The molecular weight excluding hydrogens is 394 g/mol. The molecule has 0 unspecified atom stereocenters. The van der Waals surface area contributed by atoms with E-state index in [1.54, 1.807) is 24.3 Å². The number of amides is 1. The minimum absolute atomic E-state index is 0.0190. The molecule has 30 heavy (non-hydrogen) atoms. The van der Waals surface area contributed by atoms with Gasteiger partial charge in [-0.1, -0.05) is 26.0 Å². The smallest absolute Gasteiger partial charge is 0.329 e. The van der Waals surface area contributed by atoms with E-state index >= 15 is 0 Å². The molecule has 2 atom stereocenters. The Hall–Kier alpha value is -3.36. The fourth-order valence-corrected chi connectivity index (χ4v) is 3.36. The predicted octanol–water partition coefficient (Wildman–Crippen LogP) is 2.83. The van der Waals surface area contributed by atoms with Crippen molar-refractivity contribution in [2.75, 3.05) is 0 Å². The number of fused-ring (bicyclic) bond motifs is 1. The summed E-state index contributed by atoms with van der Waals surface area (Å²) in [6.07, 6.45) is 1.06. The molecule has 2 N–H and O–H groups in total. The van der Waals surface area contributed by atoms with Crippen LogP contribution in [0.3, 0.4) is 0 Å². The van der Waals surface area contributed by atoms with E-state index < -0.39 is 40.9 Å². The number of nitrogens with zero attached hydrogens (tertiary/aromatic N) is 2. The van der Waals surface area contributed by atoms with Gasteiger partial charge < -0.3 is 10.3 Å². The average Bonchev–Trinajstić information content (AvgIpc) is 2.66. The number of aromatic amines is 1. The summed E-state index contributed by atoms with van der Waals surface area (Å²) in [6, 6.07) is 5.18. The second-order valence-corrected chi connectivity index (χ2v) is 7.55. The number of rotatable bonds is 6. The van der Waals surface area contributed by atoms with E-state index in [9.17, 15) is 23.2 Å². The standard InChI is InChI=1S/C21H22F2N4O3/c1-11(2)8-17(19(28)25-12(3)18-15(23)9-13(22)10-24-18)27-20(29)14-6-4-5-7-16(14)26-21(27)30/h4-7,9-12,17H,8H2,1-3H3,(H,25,28)(H,26,30)/t12-,17+/m0/s1. The van der Waals surface area contributed by atoms with E-state index in [2.05, 4.69) is 15.3 Å². The van der Waals surface area contributed by atoms with E-state index in [1.807, 2.05) is 13.8 Å². The highest BCUT2D eigenvalue weighted by atomic mass is 19.1. The molecule has 3 rings (SSSR count). The Morgan fingerprint density at radius 3 is 2.57 bits per heavy atom. The van der Waals surface area contributed by atoms with Crippen LogP contribution in [0.5, 0.6) is 0 Å². The van der Waals surface area contributed by atoms with Crippen molar-refractivity contribution in [3.8, 4) is 0 Å². The molecular formula is C21H22F2N4O3. The second-order valence-electron chi connectivity index (χ2n) is 7.55. The van der Waals surface area contributed by atoms with Crippen LogP contribution in [0.2, 0.25) is 0 Å². The Balaban J connectivity index is 2.00. The number of hydrogen-bond acceptors (Lipinski definition) is 4. The van der Waals surface area contributed by atoms with Crippen molar-refractivity contribution >= 4 is 16.8 Å². The molecule has 2 heterocycles. The van der Waals surface area contributed by atoms with Crippen LogP contribution in [0.1, 0.15) is 45.0 Å². The highest BCUT2D eigenvalue weighted by molar-refractivity contribution is 5.82. The fraction of sp³-hybridized carbons (Fsp3) is 0.333. The molecule has 0 saturated carbocycles. The van der Waals surface area contributed by atoms with Gasteiger partial charge in [0.05, 0.1) is 28.8 Å². The Morgan fingerprint density at radius 2 is 1.90 bits per heavy atom. The number of halogens is 2. The summed E-state index contributed by atoms with van der Waals surface area (Å²) in [5.74, 6) is -2.38. The maximum Gasteiger partial charge on any atom is 0.329 e. The predicted molar refractivity (Wildman–Crippen MR) is 108 cm³/mol. The van der Waals surface area contributed by atoms with Crippen LogP contribution in [0.15, 0.2) is 46.1 Å². The minimum atomic E-state index is -1.11. The second kappa shape index (κ2) is 8.56. The molecule has 0 aliphatic carbocycles. The first-order chi connectivity index (χ1) is 14.2. The Kier molecular flexibility index (Phi) is 6.09. The minimum Gasteiger partial charge on any atom is -0.346 e. The Morgan fingerprint density at radius 1 is 1.20 bits per heavy atom. The molecule has 0 bridgehead atoms. The first-order valence-corrected chi connectivity index (χ1v) is 9.54. The topological polar surface area (TPSA) is 96.8 Å². The fourth-order valence-electron chi connectivity index (χ4n) is 3.36. The molecule has 1 aromatic carbocycles. The third-order valence-electron chi connectivity index (χ3n) is 4.75. The number of benzene rings is 1. The van der Waals surface area contributed by atoms with Crippen molar-refractivity contribution in [1.29, 1.82) is 0 Å². The van der Waals surface area contributed by atoms with Gasteiger partial charge in [-0.2, -0.15) is 0 Å². The van der Waals surface area contributed by atoms with Gasteiger partial charge in [0, 0.05) is 6.07 Å². The summed E-state index contributed by atoms with van der Waals surface area (Å²) in [6.45, 7) is 5.19. The maximum atomic E-state index is 14.0. The van der Waals surface area contributed by atoms with Crippen molar-refractivity contribution in [3.63, 3.8) is 0 Å². The lowest BCUT2D eigenvalue weighted by Crippen LogP contribution is -2.45. The Bertz CT molecular complexity index is 1200. The molecule has 7 nitrogen and oxygen atoms in total. The first kappa shape index (κ1) is 21.4. The van der Waals surface area contributed by atoms with E-state index in [-0.39, 0.29) is 23.4 Å². The highest BCUT2D eigenvalue weighted by Gasteiger charge is 2.28. The van der Waals surface area contributed by atoms with Gasteiger partial charge in [-0.05, 0) is 31.4 Å². The van der Waals surface area contributed by atoms with E-state index in [4.69, 9.17) is 0 Å². The number of pyridine rings is 1. The SMILES string of the molecule is CC(C)C[C@H](C(=O)N[C@@H](C)c1ncc(F)cc1F)n1c(=O)[nH]c2ccccc2c1=O. The molecule has 2 aromatic heterocycles. The van der Waals surface area contributed by atoms with Crippen molar-refractivity contribution in [3.05, 3.63) is 74.7 Å². The summed E-state index contributed by atoms with van der Waals surface area (Å²) in [5.41, 5.74) is -1.07. The van der Waals surface area contributed by atoms with Crippen molar-refractivity contribution in [2.45, 2.75) is 39.3 Å². The van der Waals surface area contributed by atoms with E-state index in [0.717, 1.165) is 10.8 Å². The Labute approximate surface area is 170 Å². The van der Waals surface area contributed by atoms with Crippen LogP contribution in [0.4, 0.5) is 8.78 Å². The summed E-state index contributed by atoms with van der Waals surface area (Å²) in [5, 5.41) is 2.86. The van der Waals surface area contributed by atoms with E-state index in [0.29, 0.717) is 11.6 Å². The van der Waals surface area contributed by atoms with Crippen LogP contribution >= 0.6 is 0 Å². The summed E-state index contributed by atoms with van der Waals surface area (Å²) >= 11 is 0. The normalized spacial score (nSPS) is 13.4. The lowest BCUT2D eigenvalue weighted by molar-refractivity contribution is -0.125. The number of hydrogen-bond donors (Lipinski definition) is 2. The molecule has 0 radical (unpaired) electrons.